The number of carbonyl (C=O) groups is 1. The maximum atomic E-state index is 12.1. The van der Waals surface area contributed by atoms with E-state index in [1.54, 1.807) is 0 Å². The van der Waals surface area contributed by atoms with Gasteiger partial charge in [-0.05, 0) is 53.8 Å². The molecule has 0 aliphatic heterocycles. The molecule has 23 heavy (non-hydrogen) atoms. The molecule has 4 heteroatoms. The average Bonchev–Trinajstić information content (AvgIpc) is 2.55. The van der Waals surface area contributed by atoms with E-state index in [-0.39, 0.29) is 11.9 Å². The van der Waals surface area contributed by atoms with Crippen LogP contribution in [0.3, 0.4) is 0 Å². The standard InChI is InChI=1S/C19H18Br2O2/c1-13(14-7-9-16(20)10-8-14)6-11-18(19(22)23-2)15-4-3-5-17(21)12-15/h3-5,7-10,12,18H,1,6,11H2,2H3. The number of hydrogen-bond acceptors (Lipinski definition) is 2. The van der Waals surface area contributed by atoms with Crippen molar-refractivity contribution in [1.29, 1.82) is 0 Å². The van der Waals surface area contributed by atoms with E-state index in [2.05, 4.69) is 38.4 Å². The van der Waals surface area contributed by atoms with Crippen molar-refractivity contribution in [2.75, 3.05) is 7.11 Å². The molecule has 2 nitrogen and oxygen atoms in total. The van der Waals surface area contributed by atoms with Crippen molar-refractivity contribution < 1.29 is 9.53 Å². The molecule has 0 fully saturated rings. The summed E-state index contributed by atoms with van der Waals surface area (Å²) < 4.78 is 6.96. The Kier molecular flexibility index (Phi) is 6.60. The number of benzene rings is 2. The summed E-state index contributed by atoms with van der Waals surface area (Å²) in [5, 5.41) is 0. The Bertz CT molecular complexity index is 693. The van der Waals surface area contributed by atoms with Crippen molar-refractivity contribution in [3.8, 4) is 0 Å². The van der Waals surface area contributed by atoms with Crippen LogP contribution in [0.5, 0.6) is 0 Å². The van der Waals surface area contributed by atoms with Crippen LogP contribution in [-0.2, 0) is 9.53 Å². The summed E-state index contributed by atoms with van der Waals surface area (Å²) >= 11 is 6.88. The summed E-state index contributed by atoms with van der Waals surface area (Å²) in [5.41, 5.74) is 3.06. The number of esters is 1. The van der Waals surface area contributed by atoms with Gasteiger partial charge in [-0.3, -0.25) is 4.79 Å². The zero-order chi connectivity index (χ0) is 16.8. The highest BCUT2D eigenvalue weighted by Gasteiger charge is 2.21. The van der Waals surface area contributed by atoms with Crippen LogP contribution in [0.1, 0.15) is 29.9 Å². The smallest absolute Gasteiger partial charge is 0.313 e. The van der Waals surface area contributed by atoms with Crippen molar-refractivity contribution in [3.05, 3.63) is 75.2 Å². The van der Waals surface area contributed by atoms with Gasteiger partial charge in [-0.15, -0.1) is 0 Å². The monoisotopic (exact) mass is 436 g/mol. The Morgan fingerprint density at radius 1 is 1.13 bits per heavy atom. The SMILES string of the molecule is C=C(CCC(C(=O)OC)c1cccc(Br)c1)c1ccc(Br)cc1. The van der Waals surface area contributed by atoms with Gasteiger partial charge < -0.3 is 4.74 Å². The Labute approximate surface area is 153 Å². The van der Waals surface area contributed by atoms with Crippen molar-refractivity contribution in [2.45, 2.75) is 18.8 Å². The average molecular weight is 438 g/mol. The van der Waals surface area contributed by atoms with Gasteiger partial charge in [0, 0.05) is 8.95 Å². The molecule has 2 rings (SSSR count). The van der Waals surface area contributed by atoms with Crippen LogP contribution >= 0.6 is 31.9 Å². The van der Waals surface area contributed by atoms with Crippen LogP contribution in [0.2, 0.25) is 0 Å². The molecule has 2 aromatic carbocycles. The molecule has 0 saturated carbocycles. The van der Waals surface area contributed by atoms with Crippen molar-refractivity contribution in [1.82, 2.24) is 0 Å². The van der Waals surface area contributed by atoms with Gasteiger partial charge in [-0.1, -0.05) is 62.7 Å². The predicted molar refractivity (Wildman–Crippen MR) is 101 cm³/mol. The van der Waals surface area contributed by atoms with Crippen LogP contribution in [0.25, 0.3) is 5.57 Å². The molecule has 0 radical (unpaired) electrons. The van der Waals surface area contributed by atoms with E-state index in [1.807, 2.05) is 48.5 Å². The number of carbonyl (C=O) groups excluding carboxylic acids is 1. The summed E-state index contributed by atoms with van der Waals surface area (Å²) in [6.45, 7) is 4.15. The first-order chi connectivity index (χ1) is 11.0. The number of hydrogen-bond donors (Lipinski definition) is 0. The molecule has 2 aromatic rings. The summed E-state index contributed by atoms with van der Waals surface area (Å²) in [5.74, 6) is -0.503. The number of rotatable bonds is 6. The van der Waals surface area contributed by atoms with Crippen LogP contribution in [0.15, 0.2) is 64.1 Å². The molecule has 120 valence electrons. The molecule has 0 spiro atoms. The van der Waals surface area contributed by atoms with E-state index in [0.717, 1.165) is 32.1 Å². The van der Waals surface area contributed by atoms with E-state index in [9.17, 15) is 4.79 Å². The largest absolute Gasteiger partial charge is 0.469 e. The molecule has 0 heterocycles. The van der Waals surface area contributed by atoms with Gasteiger partial charge in [0.1, 0.15) is 0 Å². The van der Waals surface area contributed by atoms with Crippen LogP contribution in [0.4, 0.5) is 0 Å². The number of methoxy groups -OCH3 is 1. The maximum absolute atomic E-state index is 12.1. The fourth-order valence-corrected chi connectivity index (χ4v) is 3.12. The van der Waals surface area contributed by atoms with Crippen LogP contribution in [-0.4, -0.2) is 13.1 Å². The second kappa shape index (κ2) is 8.46. The number of ether oxygens (including phenoxy) is 1. The van der Waals surface area contributed by atoms with Crippen molar-refractivity contribution >= 4 is 43.4 Å². The third-order valence-electron chi connectivity index (χ3n) is 3.72. The lowest BCUT2D eigenvalue weighted by atomic mass is 9.91. The van der Waals surface area contributed by atoms with Gasteiger partial charge in [0.2, 0.25) is 0 Å². The third kappa shape index (κ3) is 5.05. The zero-order valence-electron chi connectivity index (χ0n) is 12.9. The molecule has 0 amide bonds. The molecule has 1 unspecified atom stereocenters. The first-order valence-electron chi connectivity index (χ1n) is 7.28. The highest BCUT2D eigenvalue weighted by Crippen LogP contribution is 2.29. The summed E-state index contributed by atoms with van der Waals surface area (Å²) in [4.78, 5) is 12.1. The summed E-state index contributed by atoms with van der Waals surface area (Å²) in [6.07, 6.45) is 1.39. The van der Waals surface area contributed by atoms with Gasteiger partial charge in [0.15, 0.2) is 0 Å². The molecule has 1 atom stereocenters. The molecule has 0 aliphatic rings. The zero-order valence-corrected chi connectivity index (χ0v) is 16.1. The lowest BCUT2D eigenvalue weighted by molar-refractivity contribution is -0.142. The van der Waals surface area contributed by atoms with E-state index >= 15 is 0 Å². The molecule has 0 aromatic heterocycles. The lowest BCUT2D eigenvalue weighted by Gasteiger charge is -2.16. The van der Waals surface area contributed by atoms with Gasteiger partial charge in [-0.2, -0.15) is 0 Å². The van der Waals surface area contributed by atoms with E-state index in [1.165, 1.54) is 7.11 Å². The molecular weight excluding hydrogens is 420 g/mol. The van der Waals surface area contributed by atoms with Gasteiger partial charge in [-0.25, -0.2) is 0 Å². The van der Waals surface area contributed by atoms with Gasteiger partial charge in [0.05, 0.1) is 13.0 Å². The Hall–Kier alpha value is -1.39. The quantitative estimate of drug-likeness (QED) is 0.521. The van der Waals surface area contributed by atoms with Crippen molar-refractivity contribution in [2.24, 2.45) is 0 Å². The highest BCUT2D eigenvalue weighted by atomic mass is 79.9. The molecule has 0 N–H and O–H groups in total. The first-order valence-corrected chi connectivity index (χ1v) is 8.87. The van der Waals surface area contributed by atoms with Crippen molar-refractivity contribution in [3.63, 3.8) is 0 Å². The van der Waals surface area contributed by atoms with Gasteiger partial charge in [0.25, 0.3) is 0 Å². The Balaban J connectivity index is 2.11. The maximum Gasteiger partial charge on any atom is 0.313 e. The minimum Gasteiger partial charge on any atom is -0.469 e. The number of allylic oxidation sites excluding steroid dienone is 1. The molecule has 0 saturated heterocycles. The second-order valence-electron chi connectivity index (χ2n) is 5.28. The van der Waals surface area contributed by atoms with Crippen LogP contribution < -0.4 is 0 Å². The number of halogens is 2. The second-order valence-corrected chi connectivity index (χ2v) is 7.11. The minimum atomic E-state index is -0.287. The molecule has 0 aliphatic carbocycles. The normalized spacial score (nSPS) is 11.8. The van der Waals surface area contributed by atoms with Crippen LogP contribution in [0, 0.1) is 0 Å². The predicted octanol–water partition coefficient (Wildman–Crippen LogP) is 5.96. The fraction of sp³-hybridized carbons (Fsp3) is 0.211. The topological polar surface area (TPSA) is 26.3 Å². The van der Waals surface area contributed by atoms with E-state index < -0.39 is 0 Å². The first kappa shape index (κ1) is 18.0. The van der Waals surface area contributed by atoms with E-state index in [0.29, 0.717) is 6.42 Å². The van der Waals surface area contributed by atoms with E-state index in [4.69, 9.17) is 4.74 Å². The Morgan fingerprint density at radius 2 is 1.83 bits per heavy atom. The van der Waals surface area contributed by atoms with Gasteiger partial charge >= 0.3 is 5.97 Å². The Morgan fingerprint density at radius 3 is 2.43 bits per heavy atom. The third-order valence-corrected chi connectivity index (χ3v) is 4.75. The molecule has 0 bridgehead atoms. The lowest BCUT2D eigenvalue weighted by Crippen LogP contribution is -2.14. The summed E-state index contributed by atoms with van der Waals surface area (Å²) in [7, 11) is 1.43. The molecular formula is C19H18Br2O2. The fourth-order valence-electron chi connectivity index (χ4n) is 2.43. The minimum absolute atomic E-state index is 0.216. The highest BCUT2D eigenvalue weighted by molar-refractivity contribution is 9.10. The summed E-state index contributed by atoms with van der Waals surface area (Å²) in [6, 6.07) is 15.8.